The molecule has 0 amide bonds. The van der Waals surface area contributed by atoms with E-state index >= 15 is 0 Å². The van der Waals surface area contributed by atoms with Crippen molar-refractivity contribution in [2.45, 2.75) is 26.7 Å². The number of aryl methyl sites for hydroxylation is 1. The average Bonchev–Trinajstić information content (AvgIpc) is 3.11. The zero-order valence-corrected chi connectivity index (χ0v) is 16.3. The Labute approximate surface area is 161 Å². The van der Waals surface area contributed by atoms with Gasteiger partial charge < -0.3 is 9.32 Å². The zero-order valence-electron chi connectivity index (χ0n) is 14.7. The van der Waals surface area contributed by atoms with Crippen molar-refractivity contribution in [2.24, 2.45) is 0 Å². The summed E-state index contributed by atoms with van der Waals surface area (Å²) >= 11 is 7.93. The molecule has 0 fully saturated rings. The summed E-state index contributed by atoms with van der Waals surface area (Å²) in [5.41, 5.74) is 3.44. The zero-order chi connectivity index (χ0) is 18.3. The van der Waals surface area contributed by atoms with Crippen LogP contribution in [0.4, 0.5) is 5.69 Å². The van der Waals surface area contributed by atoms with Gasteiger partial charge in [0.1, 0.15) is 10.0 Å². The Morgan fingerprint density at radius 1 is 1.19 bits per heavy atom. The highest BCUT2D eigenvalue weighted by Crippen LogP contribution is 2.44. The molecule has 4 rings (SSSR count). The maximum atomic E-state index is 12.4. The molecule has 134 valence electrons. The highest BCUT2D eigenvalue weighted by atomic mass is 35.5. The molecule has 0 saturated carbocycles. The minimum Gasteiger partial charge on any atom is -0.420 e. The normalized spacial score (nSPS) is 12.6. The second-order valence-corrected chi connectivity index (χ2v) is 7.57. The summed E-state index contributed by atoms with van der Waals surface area (Å²) in [6.07, 6.45) is 1.60. The lowest BCUT2D eigenvalue weighted by atomic mass is 9.97. The molecule has 0 bridgehead atoms. The van der Waals surface area contributed by atoms with Gasteiger partial charge in [0.2, 0.25) is 0 Å². The molecule has 1 aliphatic rings. The van der Waals surface area contributed by atoms with Crippen LogP contribution < -0.4 is 10.5 Å². The summed E-state index contributed by atoms with van der Waals surface area (Å²) in [7, 11) is 0. The van der Waals surface area contributed by atoms with Crippen molar-refractivity contribution >= 4 is 28.6 Å². The van der Waals surface area contributed by atoms with Crippen molar-refractivity contribution in [3.63, 3.8) is 0 Å². The molecule has 1 aliphatic carbocycles. The highest BCUT2D eigenvalue weighted by molar-refractivity contribution is 7.18. The Morgan fingerprint density at radius 2 is 1.92 bits per heavy atom. The van der Waals surface area contributed by atoms with E-state index in [2.05, 4.69) is 18.7 Å². The second kappa shape index (κ2) is 6.89. The number of benzene rings is 1. The van der Waals surface area contributed by atoms with Crippen LogP contribution in [0.5, 0.6) is 0 Å². The fourth-order valence-electron chi connectivity index (χ4n) is 3.47. The Morgan fingerprint density at radius 3 is 2.62 bits per heavy atom. The number of nitrogens with zero attached hydrogens (tertiary/aromatic N) is 2. The molecule has 2 aromatic heterocycles. The van der Waals surface area contributed by atoms with Gasteiger partial charge >= 0.3 is 5.63 Å². The van der Waals surface area contributed by atoms with Gasteiger partial charge in [-0.25, -0.2) is 9.78 Å². The van der Waals surface area contributed by atoms with E-state index in [9.17, 15) is 4.79 Å². The van der Waals surface area contributed by atoms with Gasteiger partial charge in [0.05, 0.1) is 16.3 Å². The summed E-state index contributed by atoms with van der Waals surface area (Å²) < 4.78 is 5.64. The van der Waals surface area contributed by atoms with Crippen LogP contribution in [0.3, 0.4) is 0 Å². The lowest BCUT2D eigenvalue weighted by Crippen LogP contribution is -2.26. The maximum Gasteiger partial charge on any atom is 0.357 e. The fraction of sp³-hybridized carbons (Fsp3) is 0.300. The molecule has 6 heteroatoms. The molecule has 4 nitrogen and oxygen atoms in total. The molecule has 1 aromatic carbocycles. The molecule has 0 N–H and O–H groups in total. The number of hydrogen-bond acceptors (Lipinski definition) is 5. The number of halogens is 1. The lowest BCUT2D eigenvalue weighted by Gasteiger charge is -2.27. The number of thiazole rings is 1. The Kier molecular flexibility index (Phi) is 4.59. The van der Waals surface area contributed by atoms with Gasteiger partial charge in [-0.3, -0.25) is 0 Å². The first-order valence-corrected chi connectivity index (χ1v) is 9.99. The summed E-state index contributed by atoms with van der Waals surface area (Å²) in [6.45, 7) is 5.71. The molecule has 2 heterocycles. The van der Waals surface area contributed by atoms with Crippen molar-refractivity contribution in [1.29, 1.82) is 0 Å². The third kappa shape index (κ3) is 2.75. The Balaban J connectivity index is 1.91. The van der Waals surface area contributed by atoms with Crippen LogP contribution in [-0.4, -0.2) is 18.1 Å². The fourth-order valence-corrected chi connectivity index (χ4v) is 4.87. The third-order valence-corrected chi connectivity index (χ3v) is 6.24. The first-order valence-electron chi connectivity index (χ1n) is 8.79. The lowest BCUT2D eigenvalue weighted by molar-refractivity contribution is 0.516. The summed E-state index contributed by atoms with van der Waals surface area (Å²) in [5, 5.41) is 1.13. The molecule has 0 unspecified atom stereocenters. The van der Waals surface area contributed by atoms with Crippen LogP contribution >= 0.6 is 22.9 Å². The highest BCUT2D eigenvalue weighted by Gasteiger charge is 2.30. The molecule has 0 radical (unpaired) electrons. The van der Waals surface area contributed by atoms with E-state index in [1.54, 1.807) is 11.3 Å². The minimum absolute atomic E-state index is 0.184. The van der Waals surface area contributed by atoms with Crippen LogP contribution in [0.1, 0.15) is 25.1 Å². The molecule has 0 spiro atoms. The van der Waals surface area contributed by atoms with E-state index in [4.69, 9.17) is 21.0 Å². The van der Waals surface area contributed by atoms with E-state index in [0.717, 1.165) is 58.3 Å². The Bertz CT molecular complexity index is 1010. The molecule has 0 saturated heterocycles. The third-order valence-electron chi connectivity index (χ3n) is 4.76. The predicted molar refractivity (Wildman–Crippen MR) is 108 cm³/mol. The average molecular weight is 387 g/mol. The first kappa shape index (κ1) is 17.3. The smallest absolute Gasteiger partial charge is 0.357 e. The largest absolute Gasteiger partial charge is 0.420 e. The van der Waals surface area contributed by atoms with Crippen molar-refractivity contribution in [2.75, 3.05) is 18.0 Å². The van der Waals surface area contributed by atoms with E-state index in [0.29, 0.717) is 5.76 Å². The predicted octanol–water partition coefficient (Wildman–Crippen LogP) is 5.03. The molecule has 26 heavy (non-hydrogen) atoms. The van der Waals surface area contributed by atoms with Gasteiger partial charge in [-0.2, -0.15) is 0 Å². The second-order valence-electron chi connectivity index (χ2n) is 6.19. The van der Waals surface area contributed by atoms with Crippen molar-refractivity contribution < 1.29 is 4.42 Å². The van der Waals surface area contributed by atoms with Crippen molar-refractivity contribution in [3.05, 3.63) is 57.0 Å². The topological polar surface area (TPSA) is 46.3 Å². The summed E-state index contributed by atoms with van der Waals surface area (Å²) in [5.74, 6) is 0.641. The van der Waals surface area contributed by atoms with Gasteiger partial charge in [-0.15, -0.1) is 11.3 Å². The number of hydrogen-bond donors (Lipinski definition) is 0. The van der Waals surface area contributed by atoms with Crippen molar-refractivity contribution in [1.82, 2.24) is 4.98 Å². The van der Waals surface area contributed by atoms with Gasteiger partial charge in [0.15, 0.2) is 5.76 Å². The standard InChI is InChI=1S/C20H19ClN2O2S/c1-3-23(4-2)16-13-10-11-14-18(17(13)25-20(24)15(16)21)26-19(22-14)12-8-6-5-7-9-12/h5-9H,3-4,10-11H2,1-2H3. The summed E-state index contributed by atoms with van der Waals surface area (Å²) in [4.78, 5) is 20.3. The van der Waals surface area contributed by atoms with Gasteiger partial charge in [0, 0.05) is 24.2 Å². The monoisotopic (exact) mass is 386 g/mol. The number of fused-ring (bicyclic) bond motifs is 3. The van der Waals surface area contributed by atoms with E-state index in [-0.39, 0.29) is 5.02 Å². The van der Waals surface area contributed by atoms with Gasteiger partial charge in [0.25, 0.3) is 0 Å². The number of anilines is 1. The van der Waals surface area contributed by atoms with Gasteiger partial charge in [-0.1, -0.05) is 41.9 Å². The molecule has 0 aliphatic heterocycles. The van der Waals surface area contributed by atoms with Crippen molar-refractivity contribution in [3.8, 4) is 21.2 Å². The number of rotatable bonds is 4. The SMILES string of the molecule is CCN(CC)c1c2c(oc(=O)c1Cl)-c1sc(-c3ccccc3)nc1CC2. The van der Waals surface area contributed by atoms with Crippen LogP contribution in [-0.2, 0) is 12.8 Å². The van der Waals surface area contributed by atoms with E-state index in [1.807, 2.05) is 30.3 Å². The quantitative estimate of drug-likeness (QED) is 0.631. The molecule has 3 aromatic rings. The van der Waals surface area contributed by atoms with E-state index < -0.39 is 5.63 Å². The first-order chi connectivity index (χ1) is 12.6. The maximum absolute atomic E-state index is 12.4. The Hall–Kier alpha value is -2.11. The molecular weight excluding hydrogens is 368 g/mol. The summed E-state index contributed by atoms with van der Waals surface area (Å²) in [6, 6.07) is 10.1. The van der Waals surface area contributed by atoms with Crippen LogP contribution in [0, 0.1) is 0 Å². The van der Waals surface area contributed by atoms with Crippen LogP contribution in [0.2, 0.25) is 5.02 Å². The number of aromatic nitrogens is 1. The minimum atomic E-state index is -0.477. The molecule has 0 atom stereocenters. The molecular formula is C20H19ClN2O2S. The van der Waals surface area contributed by atoms with E-state index in [1.165, 1.54) is 0 Å². The van der Waals surface area contributed by atoms with Crippen LogP contribution in [0.25, 0.3) is 21.2 Å². The van der Waals surface area contributed by atoms with Crippen LogP contribution in [0.15, 0.2) is 39.5 Å². The van der Waals surface area contributed by atoms with Gasteiger partial charge in [-0.05, 0) is 26.7 Å².